The van der Waals surface area contributed by atoms with Crippen LogP contribution >= 0.6 is 0 Å². The maximum atomic E-state index is 12.8. The maximum Gasteiger partial charge on any atom is 0.259 e. The van der Waals surface area contributed by atoms with Crippen LogP contribution in [0.4, 0.5) is 0 Å². The Morgan fingerprint density at radius 3 is 2.54 bits per heavy atom. The van der Waals surface area contributed by atoms with E-state index in [9.17, 15) is 13.2 Å². The Bertz CT molecular complexity index is 710. The molecule has 0 N–H and O–H groups in total. The van der Waals surface area contributed by atoms with Gasteiger partial charge in [0.1, 0.15) is 11.3 Å². The number of carbonyl (C=O) groups is 1. The van der Waals surface area contributed by atoms with Gasteiger partial charge in [0.15, 0.2) is 0 Å². The third kappa shape index (κ3) is 3.20. The lowest BCUT2D eigenvalue weighted by Gasteiger charge is -2.38. The average Bonchev–Trinajstić information content (AvgIpc) is 2.73. The van der Waals surface area contributed by atoms with Crippen LogP contribution < -0.4 is 0 Å². The first kappa shape index (κ1) is 17.4. The summed E-state index contributed by atoms with van der Waals surface area (Å²) in [4.78, 5) is 14.5. The number of morpholine rings is 1. The fourth-order valence-electron chi connectivity index (χ4n) is 3.61. The van der Waals surface area contributed by atoms with Crippen molar-refractivity contribution in [3.05, 3.63) is 17.0 Å². The first-order valence-corrected chi connectivity index (χ1v) is 9.94. The normalized spacial score (nSPS) is 26.0. The minimum absolute atomic E-state index is 0.115. The van der Waals surface area contributed by atoms with E-state index in [0.717, 1.165) is 0 Å². The highest BCUT2D eigenvalue weighted by Crippen LogP contribution is 2.27. The van der Waals surface area contributed by atoms with Crippen molar-refractivity contribution in [1.82, 2.24) is 14.4 Å². The Hall–Kier alpha value is -1.45. The zero-order chi connectivity index (χ0) is 17.5. The van der Waals surface area contributed by atoms with Gasteiger partial charge in [0.25, 0.3) is 5.91 Å². The van der Waals surface area contributed by atoms with Crippen molar-refractivity contribution in [3.63, 3.8) is 0 Å². The summed E-state index contributed by atoms with van der Waals surface area (Å²) in [6, 6.07) is -0.212. The fraction of sp³-hybridized carbons (Fsp3) is 0.733. The number of carbonyl (C=O) groups excluding carboxylic acids is 1. The monoisotopic (exact) mass is 357 g/mol. The summed E-state index contributed by atoms with van der Waals surface area (Å²) >= 11 is 0. The van der Waals surface area contributed by atoms with Gasteiger partial charge in [0.05, 0.1) is 30.7 Å². The number of fused-ring (bicyclic) bond motifs is 1. The predicted molar refractivity (Wildman–Crippen MR) is 86.2 cm³/mol. The Balaban J connectivity index is 1.79. The van der Waals surface area contributed by atoms with Gasteiger partial charge >= 0.3 is 0 Å². The Morgan fingerprint density at radius 1 is 1.21 bits per heavy atom. The number of hydrogen-bond acceptors (Lipinski definition) is 6. The summed E-state index contributed by atoms with van der Waals surface area (Å²) in [5, 5.41) is 3.84. The van der Waals surface area contributed by atoms with Crippen LogP contribution in [-0.2, 0) is 14.8 Å². The van der Waals surface area contributed by atoms with Gasteiger partial charge in [0, 0.05) is 19.6 Å². The summed E-state index contributed by atoms with van der Waals surface area (Å²) in [5.41, 5.74) is 1.08. The predicted octanol–water partition coefficient (Wildman–Crippen LogP) is 0.556. The molecule has 24 heavy (non-hydrogen) atoms. The van der Waals surface area contributed by atoms with Crippen molar-refractivity contribution in [3.8, 4) is 0 Å². The van der Waals surface area contributed by atoms with Crippen LogP contribution in [0.5, 0.6) is 0 Å². The van der Waals surface area contributed by atoms with Crippen molar-refractivity contribution in [1.29, 1.82) is 0 Å². The third-order valence-corrected chi connectivity index (χ3v) is 6.09. The van der Waals surface area contributed by atoms with Crippen LogP contribution in [0.25, 0.3) is 0 Å². The molecule has 2 fully saturated rings. The molecule has 134 valence electrons. The molecule has 0 unspecified atom stereocenters. The molecule has 0 aromatic carbocycles. The topological polar surface area (TPSA) is 93.0 Å². The minimum atomic E-state index is -3.28. The van der Waals surface area contributed by atoms with E-state index < -0.39 is 10.0 Å². The molecule has 9 heteroatoms. The van der Waals surface area contributed by atoms with E-state index in [-0.39, 0.29) is 18.1 Å². The molecule has 0 aliphatic carbocycles. The molecule has 0 saturated carbocycles. The number of ether oxygens (including phenoxy) is 1. The molecule has 1 aromatic rings. The number of aromatic nitrogens is 1. The number of amides is 1. The van der Waals surface area contributed by atoms with Gasteiger partial charge in [0.2, 0.25) is 10.0 Å². The molecule has 8 nitrogen and oxygen atoms in total. The SMILES string of the molecule is Cc1noc(C)c1C(=O)N1CC[C@@H]2OCCN(S(C)(=O)=O)[C@H]2CC1. The van der Waals surface area contributed by atoms with E-state index in [2.05, 4.69) is 5.16 Å². The smallest absolute Gasteiger partial charge is 0.259 e. The van der Waals surface area contributed by atoms with E-state index in [4.69, 9.17) is 9.26 Å². The Morgan fingerprint density at radius 2 is 1.92 bits per heavy atom. The van der Waals surface area contributed by atoms with E-state index in [1.807, 2.05) is 0 Å². The molecule has 2 atom stereocenters. The summed E-state index contributed by atoms with van der Waals surface area (Å²) in [7, 11) is -3.28. The number of hydrogen-bond donors (Lipinski definition) is 0. The van der Waals surface area contributed by atoms with Crippen LogP contribution in [0.3, 0.4) is 0 Å². The zero-order valence-electron chi connectivity index (χ0n) is 14.2. The highest BCUT2D eigenvalue weighted by molar-refractivity contribution is 7.88. The molecular formula is C15H23N3O5S. The first-order valence-electron chi connectivity index (χ1n) is 8.09. The summed E-state index contributed by atoms with van der Waals surface area (Å²) in [6.45, 7) is 5.25. The van der Waals surface area contributed by atoms with Crippen molar-refractivity contribution < 1.29 is 22.5 Å². The van der Waals surface area contributed by atoms with Gasteiger partial charge in [-0.25, -0.2) is 8.42 Å². The molecule has 0 bridgehead atoms. The summed E-state index contributed by atoms with van der Waals surface area (Å²) < 4.78 is 36.4. The second kappa shape index (κ2) is 6.45. The van der Waals surface area contributed by atoms with Gasteiger partial charge in [-0.1, -0.05) is 5.16 Å². The van der Waals surface area contributed by atoms with Gasteiger partial charge < -0.3 is 14.2 Å². The van der Waals surface area contributed by atoms with E-state index in [1.165, 1.54) is 10.6 Å². The molecule has 0 spiro atoms. The Labute approximate surface area is 141 Å². The molecule has 2 saturated heterocycles. The van der Waals surface area contributed by atoms with Gasteiger partial charge in [-0.3, -0.25) is 4.79 Å². The molecule has 3 heterocycles. The molecule has 1 aromatic heterocycles. The molecule has 3 rings (SSSR count). The van der Waals surface area contributed by atoms with Crippen molar-refractivity contribution in [2.75, 3.05) is 32.5 Å². The second-order valence-corrected chi connectivity index (χ2v) is 8.35. The van der Waals surface area contributed by atoms with Gasteiger partial charge in [-0.15, -0.1) is 0 Å². The molecule has 0 radical (unpaired) electrons. The van der Waals surface area contributed by atoms with E-state index >= 15 is 0 Å². The van der Waals surface area contributed by atoms with Crippen molar-refractivity contribution >= 4 is 15.9 Å². The number of likely N-dealkylation sites (tertiary alicyclic amines) is 1. The third-order valence-electron chi connectivity index (χ3n) is 4.78. The van der Waals surface area contributed by atoms with E-state index in [1.54, 1.807) is 18.7 Å². The zero-order valence-corrected chi connectivity index (χ0v) is 15.0. The van der Waals surface area contributed by atoms with Crippen LogP contribution in [0.2, 0.25) is 0 Å². The number of nitrogens with zero attached hydrogens (tertiary/aromatic N) is 3. The number of rotatable bonds is 2. The average molecular weight is 357 g/mol. The molecule has 1 amide bonds. The quantitative estimate of drug-likeness (QED) is 0.768. The lowest BCUT2D eigenvalue weighted by atomic mass is 10.0. The molecular weight excluding hydrogens is 334 g/mol. The second-order valence-electron chi connectivity index (χ2n) is 6.42. The summed E-state index contributed by atoms with van der Waals surface area (Å²) in [5.74, 6) is 0.393. The molecule has 2 aliphatic rings. The van der Waals surface area contributed by atoms with Crippen LogP contribution in [0.1, 0.15) is 34.7 Å². The highest BCUT2D eigenvalue weighted by atomic mass is 32.2. The van der Waals surface area contributed by atoms with Gasteiger partial charge in [-0.2, -0.15) is 4.31 Å². The van der Waals surface area contributed by atoms with E-state index in [0.29, 0.717) is 56.1 Å². The molecule has 2 aliphatic heterocycles. The minimum Gasteiger partial charge on any atom is -0.375 e. The number of sulfonamides is 1. The fourth-order valence-corrected chi connectivity index (χ4v) is 4.75. The highest BCUT2D eigenvalue weighted by Gasteiger charge is 2.40. The van der Waals surface area contributed by atoms with Crippen LogP contribution in [-0.4, -0.2) is 73.3 Å². The van der Waals surface area contributed by atoms with Crippen LogP contribution in [0, 0.1) is 13.8 Å². The van der Waals surface area contributed by atoms with Crippen LogP contribution in [0.15, 0.2) is 4.52 Å². The lowest BCUT2D eigenvalue weighted by Crippen LogP contribution is -2.53. The first-order chi connectivity index (χ1) is 11.3. The summed E-state index contributed by atoms with van der Waals surface area (Å²) in [6.07, 6.45) is 2.24. The standard InChI is InChI=1S/C15H23N3O5S/c1-10-14(11(2)23-16-10)15(19)17-6-4-12-13(5-7-17)22-9-8-18(12)24(3,20)21/h12-13H,4-9H2,1-3H3/t12-,13-/m0/s1. The lowest BCUT2D eigenvalue weighted by molar-refractivity contribution is -0.0406. The van der Waals surface area contributed by atoms with Crippen molar-refractivity contribution in [2.24, 2.45) is 0 Å². The Kier molecular flexibility index (Phi) is 4.67. The van der Waals surface area contributed by atoms with Crippen molar-refractivity contribution in [2.45, 2.75) is 38.8 Å². The largest absolute Gasteiger partial charge is 0.375 e. The maximum absolute atomic E-state index is 12.8. The van der Waals surface area contributed by atoms with Gasteiger partial charge in [-0.05, 0) is 26.7 Å². The number of aryl methyl sites for hydroxylation is 2.